The smallest absolute Gasteiger partial charge is 0.243 e. The summed E-state index contributed by atoms with van der Waals surface area (Å²) in [6.45, 7) is 1.56. The molecule has 5 heteroatoms. The Morgan fingerprint density at radius 3 is 2.58 bits per heavy atom. The van der Waals surface area contributed by atoms with E-state index in [0.717, 1.165) is 24.2 Å². The molecule has 2 aromatic rings. The predicted octanol–water partition coefficient (Wildman–Crippen LogP) is 3.10. The van der Waals surface area contributed by atoms with Gasteiger partial charge in [0.15, 0.2) is 0 Å². The number of rotatable bonds is 3. The van der Waals surface area contributed by atoms with Crippen LogP contribution in [0.5, 0.6) is 5.75 Å². The Kier molecular flexibility index (Phi) is 3.90. The third-order valence-electron chi connectivity index (χ3n) is 4.62. The summed E-state index contributed by atoms with van der Waals surface area (Å²) in [7, 11) is -3.46. The number of hydrogen-bond acceptors (Lipinski definition) is 3. The van der Waals surface area contributed by atoms with Crippen LogP contribution in [0.2, 0.25) is 0 Å². The molecular weight excluding hydrogens is 322 g/mol. The van der Waals surface area contributed by atoms with E-state index < -0.39 is 10.0 Å². The molecule has 2 aliphatic heterocycles. The molecule has 0 spiro atoms. The summed E-state index contributed by atoms with van der Waals surface area (Å²) in [6, 6.07) is 15.3. The summed E-state index contributed by atoms with van der Waals surface area (Å²) < 4.78 is 32.8. The number of hydrogen-bond donors (Lipinski definition) is 0. The van der Waals surface area contributed by atoms with E-state index in [4.69, 9.17) is 4.74 Å². The van der Waals surface area contributed by atoms with Gasteiger partial charge < -0.3 is 4.74 Å². The molecule has 0 fully saturated rings. The Morgan fingerprint density at radius 1 is 1.00 bits per heavy atom. The summed E-state index contributed by atoms with van der Waals surface area (Å²) in [5, 5.41) is 0. The van der Waals surface area contributed by atoms with E-state index in [-0.39, 0.29) is 0 Å². The Hall–Kier alpha value is -2.11. The van der Waals surface area contributed by atoms with Gasteiger partial charge in [0.1, 0.15) is 5.75 Å². The van der Waals surface area contributed by atoms with Crippen LogP contribution in [0.3, 0.4) is 0 Å². The van der Waals surface area contributed by atoms with Gasteiger partial charge in [-0.25, -0.2) is 8.42 Å². The maximum absolute atomic E-state index is 12.9. The van der Waals surface area contributed by atoms with Crippen molar-refractivity contribution in [2.75, 3.05) is 19.7 Å². The third kappa shape index (κ3) is 2.74. The van der Waals surface area contributed by atoms with E-state index in [0.29, 0.717) is 24.6 Å². The van der Waals surface area contributed by atoms with Gasteiger partial charge in [-0.15, -0.1) is 0 Å². The number of benzene rings is 2. The van der Waals surface area contributed by atoms with E-state index in [2.05, 4.69) is 12.1 Å². The molecule has 4 nitrogen and oxygen atoms in total. The zero-order valence-corrected chi connectivity index (χ0v) is 14.1. The number of ether oxygens (including phenoxy) is 1. The first-order valence-corrected chi connectivity index (χ1v) is 9.59. The van der Waals surface area contributed by atoms with Crippen LogP contribution in [0.25, 0.3) is 5.57 Å². The van der Waals surface area contributed by atoms with E-state index >= 15 is 0 Å². The lowest BCUT2D eigenvalue weighted by molar-refractivity contribution is 0.356. The normalized spacial score (nSPS) is 17.9. The highest BCUT2D eigenvalue weighted by Gasteiger charge is 2.27. The molecule has 0 N–H and O–H groups in total. The van der Waals surface area contributed by atoms with Crippen LogP contribution in [0.4, 0.5) is 0 Å². The standard InChI is InChI=1S/C19H19NO3S/c21-24(22,18-6-7-19-17(14-18)10-13-23-19)20-11-8-16(9-12-20)15-4-2-1-3-5-15/h1-8,14H,9-13H2. The molecule has 0 saturated carbocycles. The summed E-state index contributed by atoms with van der Waals surface area (Å²) in [6.07, 6.45) is 3.53. The number of sulfonamides is 1. The molecule has 24 heavy (non-hydrogen) atoms. The van der Waals surface area contributed by atoms with Crippen LogP contribution in [0.15, 0.2) is 59.5 Å². The van der Waals surface area contributed by atoms with Gasteiger partial charge in [0.25, 0.3) is 0 Å². The largest absolute Gasteiger partial charge is 0.493 e. The lowest BCUT2D eigenvalue weighted by Gasteiger charge is -2.26. The Morgan fingerprint density at radius 2 is 1.83 bits per heavy atom. The minimum Gasteiger partial charge on any atom is -0.493 e. The summed E-state index contributed by atoms with van der Waals surface area (Å²) >= 11 is 0. The van der Waals surface area contributed by atoms with Gasteiger partial charge in [0, 0.05) is 19.5 Å². The van der Waals surface area contributed by atoms with Gasteiger partial charge in [-0.05, 0) is 41.3 Å². The molecule has 0 atom stereocenters. The lowest BCUT2D eigenvalue weighted by Crippen LogP contribution is -2.34. The van der Waals surface area contributed by atoms with E-state index in [1.54, 1.807) is 22.5 Å². The average Bonchev–Trinajstić information content (AvgIpc) is 3.10. The Balaban J connectivity index is 1.57. The third-order valence-corrected chi connectivity index (χ3v) is 6.48. The molecular formula is C19H19NO3S. The van der Waals surface area contributed by atoms with Crippen molar-refractivity contribution < 1.29 is 13.2 Å². The van der Waals surface area contributed by atoms with E-state index in [1.165, 1.54) is 11.1 Å². The Labute approximate surface area is 142 Å². The van der Waals surface area contributed by atoms with Crippen molar-refractivity contribution in [2.24, 2.45) is 0 Å². The van der Waals surface area contributed by atoms with Gasteiger partial charge in [-0.3, -0.25) is 0 Å². The van der Waals surface area contributed by atoms with Crippen LogP contribution >= 0.6 is 0 Å². The molecule has 0 aliphatic carbocycles. The van der Waals surface area contributed by atoms with Gasteiger partial charge in [-0.2, -0.15) is 4.31 Å². The summed E-state index contributed by atoms with van der Waals surface area (Å²) in [5.74, 6) is 0.804. The molecule has 0 unspecified atom stereocenters. The van der Waals surface area contributed by atoms with Crippen LogP contribution in [0, 0.1) is 0 Å². The zero-order valence-electron chi connectivity index (χ0n) is 13.3. The lowest BCUT2D eigenvalue weighted by atomic mass is 10.0. The van der Waals surface area contributed by atoms with Crippen LogP contribution in [0.1, 0.15) is 17.5 Å². The van der Waals surface area contributed by atoms with Crippen LogP contribution in [-0.4, -0.2) is 32.4 Å². The van der Waals surface area contributed by atoms with Crippen LogP contribution < -0.4 is 4.74 Å². The molecule has 2 heterocycles. The monoisotopic (exact) mass is 341 g/mol. The molecule has 4 rings (SSSR count). The van der Waals surface area contributed by atoms with Crippen molar-refractivity contribution in [3.05, 3.63) is 65.7 Å². The first-order valence-electron chi connectivity index (χ1n) is 8.15. The summed E-state index contributed by atoms with van der Waals surface area (Å²) in [4.78, 5) is 0.364. The zero-order chi connectivity index (χ0) is 16.6. The highest BCUT2D eigenvalue weighted by Crippen LogP contribution is 2.30. The highest BCUT2D eigenvalue weighted by molar-refractivity contribution is 7.89. The Bertz CT molecular complexity index is 888. The van der Waals surface area contributed by atoms with Crippen molar-refractivity contribution in [3.8, 4) is 5.75 Å². The molecule has 0 bridgehead atoms. The minimum absolute atomic E-state index is 0.364. The van der Waals surface area contributed by atoms with Crippen molar-refractivity contribution >= 4 is 15.6 Å². The van der Waals surface area contributed by atoms with Crippen molar-refractivity contribution in [2.45, 2.75) is 17.7 Å². The average molecular weight is 341 g/mol. The van der Waals surface area contributed by atoms with Crippen molar-refractivity contribution in [1.82, 2.24) is 4.31 Å². The van der Waals surface area contributed by atoms with Gasteiger partial charge in [0.05, 0.1) is 11.5 Å². The molecule has 0 aromatic heterocycles. The fraction of sp³-hybridized carbons (Fsp3) is 0.263. The van der Waals surface area contributed by atoms with Crippen LogP contribution in [-0.2, 0) is 16.4 Å². The van der Waals surface area contributed by atoms with E-state index in [1.807, 2.05) is 24.3 Å². The predicted molar refractivity (Wildman–Crippen MR) is 93.4 cm³/mol. The maximum atomic E-state index is 12.9. The van der Waals surface area contributed by atoms with E-state index in [9.17, 15) is 8.42 Å². The topological polar surface area (TPSA) is 46.6 Å². The van der Waals surface area contributed by atoms with Gasteiger partial charge in [-0.1, -0.05) is 36.4 Å². The minimum atomic E-state index is -3.46. The number of nitrogens with zero attached hydrogens (tertiary/aromatic N) is 1. The van der Waals surface area contributed by atoms with Crippen molar-refractivity contribution in [3.63, 3.8) is 0 Å². The molecule has 0 saturated heterocycles. The highest BCUT2D eigenvalue weighted by atomic mass is 32.2. The maximum Gasteiger partial charge on any atom is 0.243 e. The second kappa shape index (κ2) is 6.07. The molecule has 2 aromatic carbocycles. The molecule has 0 amide bonds. The number of fused-ring (bicyclic) bond motifs is 1. The fourth-order valence-electron chi connectivity index (χ4n) is 3.26. The quantitative estimate of drug-likeness (QED) is 0.862. The van der Waals surface area contributed by atoms with Gasteiger partial charge in [0.2, 0.25) is 10.0 Å². The first-order chi connectivity index (χ1) is 11.6. The van der Waals surface area contributed by atoms with Gasteiger partial charge >= 0.3 is 0 Å². The second-order valence-electron chi connectivity index (χ2n) is 6.08. The first kappa shape index (κ1) is 15.4. The summed E-state index contributed by atoms with van der Waals surface area (Å²) in [5.41, 5.74) is 3.36. The second-order valence-corrected chi connectivity index (χ2v) is 8.01. The van der Waals surface area contributed by atoms with Crippen molar-refractivity contribution in [1.29, 1.82) is 0 Å². The molecule has 2 aliphatic rings. The molecule has 124 valence electrons. The SMILES string of the molecule is O=S(=O)(c1ccc2c(c1)CCO2)N1CC=C(c2ccccc2)CC1. The fourth-order valence-corrected chi connectivity index (χ4v) is 4.69. The molecule has 0 radical (unpaired) electrons.